The fraction of sp³-hybridized carbons (Fsp3) is 0.133. The molecule has 0 radical (unpaired) electrons. The van der Waals surface area contributed by atoms with Gasteiger partial charge >= 0.3 is 0 Å². The second-order valence-corrected chi connectivity index (χ2v) is 4.60. The van der Waals surface area contributed by atoms with Gasteiger partial charge in [0.05, 0.1) is 6.20 Å². The largest absolute Gasteiger partial charge is 0.347 e. The van der Waals surface area contributed by atoms with Gasteiger partial charge in [-0.25, -0.2) is 9.50 Å². The van der Waals surface area contributed by atoms with E-state index in [4.69, 9.17) is 0 Å². The molecule has 2 aromatic heterocycles. The van der Waals surface area contributed by atoms with Crippen LogP contribution in [-0.4, -0.2) is 20.5 Å². The van der Waals surface area contributed by atoms with Gasteiger partial charge in [-0.1, -0.05) is 29.8 Å². The van der Waals surface area contributed by atoms with E-state index in [1.165, 1.54) is 10.1 Å². The third kappa shape index (κ3) is 2.38. The second-order valence-electron chi connectivity index (χ2n) is 4.60. The van der Waals surface area contributed by atoms with Gasteiger partial charge in [0.2, 0.25) is 0 Å². The number of amides is 1. The molecule has 20 heavy (non-hydrogen) atoms. The van der Waals surface area contributed by atoms with Gasteiger partial charge in [0.15, 0.2) is 5.65 Å². The Balaban J connectivity index is 1.76. The first-order valence-electron chi connectivity index (χ1n) is 6.36. The molecule has 0 bridgehead atoms. The van der Waals surface area contributed by atoms with E-state index in [1.807, 2.05) is 31.2 Å². The summed E-state index contributed by atoms with van der Waals surface area (Å²) in [5.41, 5.74) is 3.40. The average Bonchev–Trinajstić information content (AvgIpc) is 2.94. The number of nitrogens with one attached hydrogen (secondary N) is 1. The van der Waals surface area contributed by atoms with Crippen LogP contribution in [0.3, 0.4) is 0 Å². The number of fused-ring (bicyclic) bond motifs is 1. The number of aromatic nitrogens is 3. The molecule has 0 saturated heterocycles. The van der Waals surface area contributed by atoms with E-state index in [1.54, 1.807) is 24.5 Å². The summed E-state index contributed by atoms with van der Waals surface area (Å²) in [7, 11) is 0. The summed E-state index contributed by atoms with van der Waals surface area (Å²) in [4.78, 5) is 16.3. The summed E-state index contributed by atoms with van der Waals surface area (Å²) in [5.74, 6) is -0.165. The zero-order chi connectivity index (χ0) is 13.9. The van der Waals surface area contributed by atoms with E-state index < -0.39 is 0 Å². The van der Waals surface area contributed by atoms with E-state index in [0.717, 1.165) is 5.56 Å². The van der Waals surface area contributed by atoms with Crippen LogP contribution in [0, 0.1) is 6.92 Å². The molecule has 0 fully saturated rings. The highest BCUT2D eigenvalue weighted by molar-refractivity contribution is 5.92. The van der Waals surface area contributed by atoms with Crippen LogP contribution in [0.1, 0.15) is 21.6 Å². The predicted octanol–water partition coefficient (Wildman–Crippen LogP) is 1.97. The lowest BCUT2D eigenvalue weighted by Crippen LogP contribution is -2.25. The van der Waals surface area contributed by atoms with Crippen LogP contribution in [0.4, 0.5) is 0 Å². The number of hydrogen-bond donors (Lipinski definition) is 1. The average molecular weight is 266 g/mol. The molecule has 3 aromatic rings. The third-order valence-electron chi connectivity index (χ3n) is 3.10. The minimum Gasteiger partial charge on any atom is -0.347 e. The Morgan fingerprint density at radius 1 is 1.15 bits per heavy atom. The van der Waals surface area contributed by atoms with Crippen molar-refractivity contribution in [1.29, 1.82) is 0 Å². The smallest absolute Gasteiger partial charge is 0.270 e. The molecular weight excluding hydrogens is 252 g/mol. The topological polar surface area (TPSA) is 59.3 Å². The van der Waals surface area contributed by atoms with Gasteiger partial charge in [0.1, 0.15) is 5.69 Å². The number of aryl methyl sites for hydroxylation is 1. The van der Waals surface area contributed by atoms with E-state index in [0.29, 0.717) is 17.9 Å². The van der Waals surface area contributed by atoms with Crippen molar-refractivity contribution in [3.63, 3.8) is 0 Å². The number of nitrogens with zero attached hydrogens (tertiary/aromatic N) is 3. The molecule has 1 aromatic carbocycles. The Labute approximate surface area is 116 Å². The number of hydrogen-bond acceptors (Lipinski definition) is 3. The summed E-state index contributed by atoms with van der Waals surface area (Å²) in [6.07, 6.45) is 3.23. The van der Waals surface area contributed by atoms with Crippen molar-refractivity contribution < 1.29 is 4.79 Å². The van der Waals surface area contributed by atoms with Crippen LogP contribution < -0.4 is 5.32 Å². The standard InChI is InChI=1S/C15H14N4O/c1-11-2-4-12(5-3-11)10-17-15(20)13-6-8-16-14-7-9-18-19(13)14/h2-9H,10H2,1H3,(H,17,20). The lowest BCUT2D eigenvalue weighted by Gasteiger charge is -2.07. The lowest BCUT2D eigenvalue weighted by molar-refractivity contribution is 0.0943. The SMILES string of the molecule is Cc1ccc(CNC(=O)c2ccnc3ccnn23)cc1. The fourth-order valence-electron chi connectivity index (χ4n) is 1.99. The molecule has 5 nitrogen and oxygen atoms in total. The Morgan fingerprint density at radius 2 is 1.95 bits per heavy atom. The number of benzene rings is 1. The molecule has 0 aliphatic heterocycles. The normalized spacial score (nSPS) is 10.7. The first kappa shape index (κ1) is 12.3. The highest BCUT2D eigenvalue weighted by Crippen LogP contribution is 2.05. The van der Waals surface area contributed by atoms with Gasteiger partial charge in [-0.15, -0.1) is 0 Å². The highest BCUT2D eigenvalue weighted by Gasteiger charge is 2.10. The summed E-state index contributed by atoms with van der Waals surface area (Å²) >= 11 is 0. The quantitative estimate of drug-likeness (QED) is 0.788. The second kappa shape index (κ2) is 5.13. The maximum absolute atomic E-state index is 12.2. The van der Waals surface area contributed by atoms with Crippen molar-refractivity contribution in [2.24, 2.45) is 0 Å². The maximum Gasteiger partial charge on any atom is 0.270 e. The number of rotatable bonds is 3. The van der Waals surface area contributed by atoms with Crippen molar-refractivity contribution in [3.8, 4) is 0 Å². The Bertz CT molecular complexity index is 746. The molecule has 0 aliphatic carbocycles. The van der Waals surface area contributed by atoms with Gasteiger partial charge in [-0.3, -0.25) is 4.79 Å². The fourth-order valence-corrected chi connectivity index (χ4v) is 1.99. The van der Waals surface area contributed by atoms with Crippen LogP contribution >= 0.6 is 0 Å². The summed E-state index contributed by atoms with van der Waals surface area (Å²) in [6.45, 7) is 2.53. The molecule has 5 heteroatoms. The molecule has 100 valence electrons. The van der Waals surface area contributed by atoms with Crippen molar-refractivity contribution in [1.82, 2.24) is 19.9 Å². The van der Waals surface area contributed by atoms with Gasteiger partial charge in [-0.2, -0.15) is 5.10 Å². The van der Waals surface area contributed by atoms with Crippen LogP contribution in [0.15, 0.2) is 48.8 Å². The van der Waals surface area contributed by atoms with Crippen LogP contribution in [0.25, 0.3) is 5.65 Å². The first-order valence-corrected chi connectivity index (χ1v) is 6.36. The Kier molecular flexibility index (Phi) is 3.16. The van der Waals surface area contributed by atoms with Crippen molar-refractivity contribution in [2.75, 3.05) is 0 Å². The summed E-state index contributed by atoms with van der Waals surface area (Å²) < 4.78 is 1.53. The minimum absolute atomic E-state index is 0.165. The monoisotopic (exact) mass is 266 g/mol. The number of carbonyl (C=O) groups excluding carboxylic acids is 1. The highest BCUT2D eigenvalue weighted by atomic mass is 16.1. The molecule has 1 amide bonds. The molecule has 0 atom stereocenters. The van der Waals surface area contributed by atoms with E-state index >= 15 is 0 Å². The lowest BCUT2D eigenvalue weighted by atomic mass is 10.1. The summed E-state index contributed by atoms with van der Waals surface area (Å²) in [6, 6.07) is 11.5. The molecule has 1 N–H and O–H groups in total. The molecule has 2 heterocycles. The molecule has 0 unspecified atom stereocenters. The van der Waals surface area contributed by atoms with E-state index in [9.17, 15) is 4.79 Å². The Hall–Kier alpha value is -2.69. The predicted molar refractivity (Wildman–Crippen MR) is 75.3 cm³/mol. The molecular formula is C15H14N4O. The van der Waals surface area contributed by atoms with Gasteiger partial charge in [-0.05, 0) is 18.6 Å². The maximum atomic E-state index is 12.2. The minimum atomic E-state index is -0.165. The van der Waals surface area contributed by atoms with Crippen LogP contribution in [-0.2, 0) is 6.54 Å². The molecule has 0 saturated carbocycles. The van der Waals surface area contributed by atoms with Crippen molar-refractivity contribution in [2.45, 2.75) is 13.5 Å². The van der Waals surface area contributed by atoms with Crippen LogP contribution in [0.5, 0.6) is 0 Å². The van der Waals surface area contributed by atoms with Crippen LogP contribution in [0.2, 0.25) is 0 Å². The zero-order valence-electron chi connectivity index (χ0n) is 11.1. The molecule has 0 aliphatic rings. The Morgan fingerprint density at radius 3 is 2.75 bits per heavy atom. The van der Waals surface area contributed by atoms with Gasteiger partial charge < -0.3 is 5.32 Å². The zero-order valence-corrected chi connectivity index (χ0v) is 11.1. The van der Waals surface area contributed by atoms with E-state index in [2.05, 4.69) is 15.4 Å². The molecule has 0 spiro atoms. The van der Waals surface area contributed by atoms with Gasteiger partial charge in [0.25, 0.3) is 5.91 Å². The van der Waals surface area contributed by atoms with E-state index in [-0.39, 0.29) is 5.91 Å². The molecule has 3 rings (SSSR count). The first-order chi connectivity index (χ1) is 9.74. The van der Waals surface area contributed by atoms with Crippen molar-refractivity contribution >= 4 is 11.6 Å². The summed E-state index contributed by atoms with van der Waals surface area (Å²) in [5, 5.41) is 6.99. The number of carbonyl (C=O) groups is 1. The van der Waals surface area contributed by atoms with Gasteiger partial charge in [0, 0.05) is 18.8 Å². The third-order valence-corrected chi connectivity index (χ3v) is 3.10. The van der Waals surface area contributed by atoms with Crippen molar-refractivity contribution in [3.05, 3.63) is 65.6 Å².